The van der Waals surface area contributed by atoms with Crippen LogP contribution < -0.4 is 10.6 Å². The molecule has 28 heavy (non-hydrogen) atoms. The number of carbonyl (C=O) groups excluding carboxylic acids is 1. The Labute approximate surface area is 151 Å². The minimum atomic E-state index is -5.39. The highest BCUT2D eigenvalue weighted by Gasteiger charge is 2.43. The smallest absolute Gasteiger partial charge is 0.417 e. The van der Waals surface area contributed by atoms with Gasteiger partial charge in [0.05, 0.1) is 16.8 Å². The van der Waals surface area contributed by atoms with Crippen molar-refractivity contribution in [3.8, 4) is 0 Å². The fourth-order valence-corrected chi connectivity index (χ4v) is 2.18. The Balaban J connectivity index is 2.39. The summed E-state index contributed by atoms with van der Waals surface area (Å²) in [7, 11) is 0. The van der Waals surface area contributed by atoms with Crippen LogP contribution >= 0.6 is 0 Å². The normalized spacial score (nSPS) is 11.8. The van der Waals surface area contributed by atoms with E-state index in [0.717, 1.165) is 18.2 Å². The third-order valence-corrected chi connectivity index (χ3v) is 3.36. The van der Waals surface area contributed by atoms with E-state index in [9.17, 15) is 40.3 Å². The Morgan fingerprint density at radius 3 is 1.96 bits per heavy atom. The molecule has 2 amide bonds. The van der Waals surface area contributed by atoms with E-state index in [4.69, 9.17) is 5.11 Å². The molecule has 0 spiro atoms. The molecule has 0 aromatic heterocycles. The lowest BCUT2D eigenvalue weighted by Crippen LogP contribution is -2.19. The van der Waals surface area contributed by atoms with E-state index >= 15 is 0 Å². The first-order chi connectivity index (χ1) is 12.8. The van der Waals surface area contributed by atoms with Gasteiger partial charge in [0.1, 0.15) is 5.82 Å². The van der Waals surface area contributed by atoms with Crippen molar-refractivity contribution < 1.29 is 45.4 Å². The summed E-state index contributed by atoms with van der Waals surface area (Å²) in [5.74, 6) is -2.38. The van der Waals surface area contributed by atoms with Crippen molar-refractivity contribution in [1.29, 1.82) is 0 Å². The van der Waals surface area contributed by atoms with Gasteiger partial charge in [-0.3, -0.25) is 10.1 Å². The number of halogens is 7. The van der Waals surface area contributed by atoms with Gasteiger partial charge < -0.3 is 10.4 Å². The Hall–Kier alpha value is -3.31. The average molecular weight is 410 g/mol. The van der Waals surface area contributed by atoms with Crippen molar-refractivity contribution in [2.75, 3.05) is 10.6 Å². The molecule has 0 unspecified atom stereocenters. The average Bonchev–Trinajstić information content (AvgIpc) is 2.55. The lowest BCUT2D eigenvalue weighted by molar-refractivity contribution is -0.162. The monoisotopic (exact) mass is 410 g/mol. The molecule has 0 bridgehead atoms. The van der Waals surface area contributed by atoms with Crippen LogP contribution in [0.1, 0.15) is 21.5 Å². The van der Waals surface area contributed by atoms with Crippen LogP contribution in [0.15, 0.2) is 36.4 Å². The van der Waals surface area contributed by atoms with Gasteiger partial charge in [-0.25, -0.2) is 9.18 Å². The molecular formula is C16H9F7N2O3. The summed E-state index contributed by atoms with van der Waals surface area (Å²) in [5, 5.41) is 12.3. The zero-order valence-electron chi connectivity index (χ0n) is 13.4. The summed E-state index contributed by atoms with van der Waals surface area (Å²) < 4.78 is 90.8. The minimum Gasteiger partial charge on any atom is -0.465 e. The third-order valence-electron chi connectivity index (χ3n) is 3.36. The van der Waals surface area contributed by atoms with Crippen molar-refractivity contribution >= 4 is 23.4 Å². The van der Waals surface area contributed by atoms with Gasteiger partial charge >= 0.3 is 18.4 Å². The largest absolute Gasteiger partial charge is 0.465 e. The Kier molecular flexibility index (Phi) is 5.52. The first kappa shape index (κ1) is 21.0. The van der Waals surface area contributed by atoms with E-state index in [1.807, 2.05) is 10.6 Å². The number of carboxylic acid groups (broad SMARTS) is 1. The van der Waals surface area contributed by atoms with Crippen molar-refractivity contribution in [3.05, 3.63) is 58.9 Å². The number of hydrogen-bond donors (Lipinski definition) is 3. The molecule has 2 rings (SSSR count). The second-order valence-corrected chi connectivity index (χ2v) is 5.33. The van der Waals surface area contributed by atoms with E-state index in [1.165, 1.54) is 0 Å². The number of anilines is 2. The number of benzene rings is 2. The fraction of sp³-hybridized carbons (Fsp3) is 0.125. The van der Waals surface area contributed by atoms with Crippen LogP contribution in [-0.4, -0.2) is 17.1 Å². The Morgan fingerprint density at radius 2 is 1.43 bits per heavy atom. The van der Waals surface area contributed by atoms with Gasteiger partial charge in [0.15, 0.2) is 0 Å². The summed E-state index contributed by atoms with van der Waals surface area (Å²) in [6.07, 6.45) is -12.2. The molecule has 0 fully saturated rings. The maximum atomic E-state index is 13.8. The first-order valence-corrected chi connectivity index (χ1v) is 7.18. The van der Waals surface area contributed by atoms with Crippen LogP contribution in [0, 0.1) is 5.82 Å². The molecule has 0 heterocycles. The quantitative estimate of drug-likeness (QED) is 0.609. The summed E-state index contributed by atoms with van der Waals surface area (Å²) >= 11 is 0. The van der Waals surface area contributed by atoms with Crippen LogP contribution in [-0.2, 0) is 12.4 Å². The van der Waals surface area contributed by atoms with Crippen molar-refractivity contribution in [2.24, 2.45) is 0 Å². The van der Waals surface area contributed by atoms with Gasteiger partial charge in [0.25, 0.3) is 5.91 Å². The number of amides is 2. The molecule has 0 aliphatic carbocycles. The Morgan fingerprint density at radius 1 is 0.821 bits per heavy atom. The van der Waals surface area contributed by atoms with Gasteiger partial charge in [-0.05, 0) is 36.4 Å². The molecule has 5 nitrogen and oxygen atoms in total. The summed E-state index contributed by atoms with van der Waals surface area (Å²) in [4.78, 5) is 22.6. The standard InChI is InChI=1S/C16H9F7N2O3/c17-11-4-2-8(24-14(27)28)6-12(11)25-13(26)7-1-3-9(15(18,19)20)10(5-7)16(21,22)23/h1-6,24H,(H,25,26)(H,27,28). The second-order valence-electron chi connectivity index (χ2n) is 5.33. The predicted molar refractivity (Wildman–Crippen MR) is 82.4 cm³/mol. The van der Waals surface area contributed by atoms with Crippen molar-refractivity contribution in [1.82, 2.24) is 0 Å². The minimum absolute atomic E-state index is 0.00455. The van der Waals surface area contributed by atoms with Crippen LogP contribution in [0.4, 0.5) is 46.9 Å². The highest BCUT2D eigenvalue weighted by atomic mass is 19.4. The number of rotatable bonds is 3. The molecule has 2 aromatic rings. The molecule has 0 aliphatic heterocycles. The van der Waals surface area contributed by atoms with Crippen LogP contribution in [0.3, 0.4) is 0 Å². The molecule has 0 saturated carbocycles. The first-order valence-electron chi connectivity index (χ1n) is 7.18. The number of nitrogens with one attached hydrogen (secondary N) is 2. The van der Waals surface area contributed by atoms with E-state index in [-0.39, 0.29) is 17.8 Å². The molecule has 12 heteroatoms. The maximum absolute atomic E-state index is 13.8. The maximum Gasteiger partial charge on any atom is 0.417 e. The Bertz CT molecular complexity index is 923. The van der Waals surface area contributed by atoms with E-state index < -0.39 is 52.5 Å². The summed E-state index contributed by atoms with van der Waals surface area (Å²) in [5.41, 5.74) is -5.61. The molecule has 0 saturated heterocycles. The third kappa shape index (κ3) is 4.90. The molecular weight excluding hydrogens is 401 g/mol. The van der Waals surface area contributed by atoms with Crippen LogP contribution in [0.25, 0.3) is 0 Å². The zero-order valence-corrected chi connectivity index (χ0v) is 13.4. The van der Waals surface area contributed by atoms with Gasteiger partial charge in [-0.15, -0.1) is 0 Å². The second kappa shape index (κ2) is 7.37. The zero-order chi connectivity index (χ0) is 21.3. The van der Waals surface area contributed by atoms with E-state index in [1.54, 1.807) is 0 Å². The molecule has 3 N–H and O–H groups in total. The highest BCUT2D eigenvalue weighted by molar-refractivity contribution is 6.05. The molecule has 0 aliphatic rings. The fourth-order valence-electron chi connectivity index (χ4n) is 2.18. The topological polar surface area (TPSA) is 78.4 Å². The number of alkyl halides is 6. The SMILES string of the molecule is O=C(O)Nc1ccc(F)c(NC(=O)c2ccc(C(F)(F)F)c(C(F)(F)F)c2)c1. The van der Waals surface area contributed by atoms with Crippen LogP contribution in [0.2, 0.25) is 0 Å². The summed E-state index contributed by atoms with van der Waals surface area (Å²) in [6.45, 7) is 0. The molecule has 2 aromatic carbocycles. The van der Waals surface area contributed by atoms with E-state index in [0.29, 0.717) is 6.07 Å². The van der Waals surface area contributed by atoms with Gasteiger partial charge in [-0.1, -0.05) is 0 Å². The number of carbonyl (C=O) groups is 2. The molecule has 150 valence electrons. The predicted octanol–water partition coefficient (Wildman–Crippen LogP) is 5.21. The van der Waals surface area contributed by atoms with E-state index in [2.05, 4.69) is 0 Å². The highest BCUT2D eigenvalue weighted by Crippen LogP contribution is 2.40. The van der Waals surface area contributed by atoms with Gasteiger partial charge in [0.2, 0.25) is 0 Å². The van der Waals surface area contributed by atoms with Crippen LogP contribution in [0.5, 0.6) is 0 Å². The van der Waals surface area contributed by atoms with Gasteiger partial charge in [-0.2, -0.15) is 26.3 Å². The lowest BCUT2D eigenvalue weighted by Gasteiger charge is -2.16. The van der Waals surface area contributed by atoms with Crippen molar-refractivity contribution in [3.63, 3.8) is 0 Å². The molecule has 0 atom stereocenters. The summed E-state index contributed by atoms with van der Waals surface area (Å²) in [6, 6.07) is 3.22. The lowest BCUT2D eigenvalue weighted by atomic mass is 10.0. The number of hydrogen-bond acceptors (Lipinski definition) is 2. The van der Waals surface area contributed by atoms with Crippen molar-refractivity contribution in [2.45, 2.75) is 12.4 Å². The molecule has 0 radical (unpaired) electrons. The van der Waals surface area contributed by atoms with Gasteiger partial charge in [0, 0.05) is 11.3 Å².